The number of methoxy groups -OCH3 is 1. The summed E-state index contributed by atoms with van der Waals surface area (Å²) in [5, 5.41) is 2.94. The highest BCUT2D eigenvalue weighted by Gasteiger charge is 2.32. The molecular weight excluding hydrogens is 390 g/mol. The Morgan fingerprint density at radius 3 is 2.52 bits per heavy atom. The van der Waals surface area contributed by atoms with Gasteiger partial charge in [-0.2, -0.15) is 0 Å². The van der Waals surface area contributed by atoms with Gasteiger partial charge in [-0.25, -0.2) is 0 Å². The molecule has 2 aromatic carbocycles. The van der Waals surface area contributed by atoms with Crippen molar-refractivity contribution in [1.82, 2.24) is 15.1 Å². The Kier molecular flexibility index (Phi) is 8.06. The van der Waals surface area contributed by atoms with Crippen LogP contribution in [0.4, 0.5) is 0 Å². The standard InChI is InChI=1S/C25H33N3O3/c1-4-13-27-14-15-28(24(29)17-26-2)18-20(25(27)30)16-19-9-5-6-10-21(19)22-11-7-8-12-23(22)31-3/h5-12,20,26H,4,13-18H2,1-3H3/t20-/m1/s1. The van der Waals surface area contributed by atoms with E-state index in [2.05, 4.69) is 24.4 Å². The number of benzene rings is 2. The van der Waals surface area contributed by atoms with E-state index in [1.165, 1.54) is 0 Å². The molecule has 0 aromatic heterocycles. The van der Waals surface area contributed by atoms with Crippen LogP contribution in [0, 0.1) is 5.92 Å². The summed E-state index contributed by atoms with van der Waals surface area (Å²) in [6.07, 6.45) is 1.48. The smallest absolute Gasteiger partial charge is 0.236 e. The van der Waals surface area contributed by atoms with Gasteiger partial charge in [0.25, 0.3) is 0 Å². The molecule has 1 aliphatic rings. The number of rotatable bonds is 8. The number of carbonyl (C=O) groups excluding carboxylic acids is 2. The Hall–Kier alpha value is -2.86. The maximum atomic E-state index is 13.4. The van der Waals surface area contributed by atoms with Gasteiger partial charge < -0.3 is 19.9 Å². The fourth-order valence-electron chi connectivity index (χ4n) is 4.27. The largest absolute Gasteiger partial charge is 0.496 e. The monoisotopic (exact) mass is 423 g/mol. The van der Waals surface area contributed by atoms with Crippen LogP contribution in [0.15, 0.2) is 48.5 Å². The van der Waals surface area contributed by atoms with Crippen LogP contribution in [0.1, 0.15) is 18.9 Å². The van der Waals surface area contributed by atoms with Crippen molar-refractivity contribution in [1.29, 1.82) is 0 Å². The SMILES string of the molecule is CCCN1CCN(C(=O)CNC)C[C@@H](Cc2ccccc2-c2ccccc2OC)C1=O. The predicted octanol–water partition coefficient (Wildman–Crippen LogP) is 2.82. The third kappa shape index (κ3) is 5.44. The molecule has 2 aromatic rings. The molecule has 3 rings (SSSR count). The molecule has 1 fully saturated rings. The summed E-state index contributed by atoms with van der Waals surface area (Å²) in [5.41, 5.74) is 3.16. The van der Waals surface area contributed by atoms with E-state index in [1.807, 2.05) is 46.2 Å². The van der Waals surface area contributed by atoms with Crippen molar-refractivity contribution >= 4 is 11.8 Å². The second kappa shape index (κ2) is 11.0. The molecule has 0 unspecified atom stereocenters. The number of para-hydroxylation sites is 1. The first kappa shape index (κ1) is 22.8. The number of carbonyl (C=O) groups is 2. The average Bonchev–Trinajstić information content (AvgIpc) is 2.94. The van der Waals surface area contributed by atoms with Gasteiger partial charge in [0.15, 0.2) is 0 Å². The van der Waals surface area contributed by atoms with E-state index in [1.54, 1.807) is 14.2 Å². The highest BCUT2D eigenvalue weighted by Crippen LogP contribution is 2.33. The van der Waals surface area contributed by atoms with Gasteiger partial charge in [0, 0.05) is 31.7 Å². The molecule has 166 valence electrons. The number of hydrogen-bond acceptors (Lipinski definition) is 4. The van der Waals surface area contributed by atoms with Gasteiger partial charge in [-0.05, 0) is 37.1 Å². The molecule has 31 heavy (non-hydrogen) atoms. The summed E-state index contributed by atoms with van der Waals surface area (Å²) < 4.78 is 5.58. The molecule has 0 bridgehead atoms. The Morgan fingerprint density at radius 2 is 1.81 bits per heavy atom. The van der Waals surface area contributed by atoms with Crippen LogP contribution in [-0.2, 0) is 16.0 Å². The summed E-state index contributed by atoms with van der Waals surface area (Å²) in [5.74, 6) is 0.708. The summed E-state index contributed by atoms with van der Waals surface area (Å²) in [7, 11) is 3.44. The van der Waals surface area contributed by atoms with Crippen molar-refractivity contribution in [2.45, 2.75) is 19.8 Å². The number of hydrogen-bond donors (Lipinski definition) is 1. The Morgan fingerprint density at radius 1 is 1.10 bits per heavy atom. The normalized spacial score (nSPS) is 16.9. The van der Waals surface area contributed by atoms with Gasteiger partial charge in [-0.1, -0.05) is 49.4 Å². The van der Waals surface area contributed by atoms with Crippen molar-refractivity contribution in [3.05, 3.63) is 54.1 Å². The number of nitrogens with one attached hydrogen (secondary N) is 1. The molecule has 1 saturated heterocycles. The fourth-order valence-corrected chi connectivity index (χ4v) is 4.27. The van der Waals surface area contributed by atoms with Gasteiger partial charge in [0.2, 0.25) is 11.8 Å². The van der Waals surface area contributed by atoms with Crippen LogP contribution in [0.3, 0.4) is 0 Å². The molecule has 0 saturated carbocycles. The lowest BCUT2D eigenvalue weighted by Crippen LogP contribution is -2.41. The Labute approximate surface area is 185 Å². The van der Waals surface area contributed by atoms with E-state index in [0.29, 0.717) is 26.1 Å². The molecule has 6 heteroatoms. The lowest BCUT2D eigenvalue weighted by Gasteiger charge is -2.25. The highest BCUT2D eigenvalue weighted by atomic mass is 16.5. The summed E-state index contributed by atoms with van der Waals surface area (Å²) in [4.78, 5) is 29.7. The summed E-state index contributed by atoms with van der Waals surface area (Å²) >= 11 is 0. The number of ether oxygens (including phenoxy) is 1. The van der Waals surface area contributed by atoms with Crippen LogP contribution in [0.2, 0.25) is 0 Å². The maximum absolute atomic E-state index is 13.4. The van der Waals surface area contributed by atoms with Crippen LogP contribution in [-0.4, -0.2) is 68.5 Å². The van der Waals surface area contributed by atoms with Gasteiger partial charge in [-0.3, -0.25) is 9.59 Å². The minimum atomic E-state index is -0.272. The van der Waals surface area contributed by atoms with E-state index in [-0.39, 0.29) is 24.3 Å². The van der Waals surface area contributed by atoms with Crippen molar-refractivity contribution in [3.8, 4) is 16.9 Å². The van der Waals surface area contributed by atoms with Crippen molar-refractivity contribution < 1.29 is 14.3 Å². The second-order valence-corrected chi connectivity index (χ2v) is 7.95. The zero-order valence-electron chi connectivity index (χ0n) is 18.8. The second-order valence-electron chi connectivity index (χ2n) is 7.95. The molecule has 2 amide bonds. The lowest BCUT2D eigenvalue weighted by molar-refractivity contribution is -0.134. The van der Waals surface area contributed by atoms with Crippen LogP contribution < -0.4 is 10.1 Å². The van der Waals surface area contributed by atoms with Crippen molar-refractivity contribution in [3.63, 3.8) is 0 Å². The molecule has 0 spiro atoms. The molecule has 1 aliphatic heterocycles. The molecule has 1 atom stereocenters. The van der Waals surface area contributed by atoms with E-state index in [9.17, 15) is 9.59 Å². The Balaban J connectivity index is 1.93. The zero-order valence-corrected chi connectivity index (χ0v) is 18.8. The van der Waals surface area contributed by atoms with Crippen LogP contribution >= 0.6 is 0 Å². The molecule has 6 nitrogen and oxygen atoms in total. The predicted molar refractivity (Wildman–Crippen MR) is 123 cm³/mol. The quantitative estimate of drug-likeness (QED) is 0.709. The fraction of sp³-hybridized carbons (Fsp3) is 0.440. The topological polar surface area (TPSA) is 61.9 Å². The highest BCUT2D eigenvalue weighted by molar-refractivity contribution is 5.83. The Bertz CT molecular complexity index is 899. The minimum absolute atomic E-state index is 0.0386. The molecular formula is C25H33N3O3. The molecule has 0 radical (unpaired) electrons. The van der Waals surface area contributed by atoms with Crippen molar-refractivity contribution in [2.75, 3.05) is 46.9 Å². The van der Waals surface area contributed by atoms with Crippen LogP contribution in [0.5, 0.6) is 5.75 Å². The third-order valence-electron chi connectivity index (χ3n) is 5.80. The minimum Gasteiger partial charge on any atom is -0.496 e. The van der Waals surface area contributed by atoms with Crippen LogP contribution in [0.25, 0.3) is 11.1 Å². The first-order valence-corrected chi connectivity index (χ1v) is 11.0. The molecule has 1 N–H and O–H groups in total. The first-order valence-electron chi connectivity index (χ1n) is 11.0. The average molecular weight is 424 g/mol. The van der Waals surface area contributed by atoms with Gasteiger partial charge in [-0.15, -0.1) is 0 Å². The van der Waals surface area contributed by atoms with E-state index in [4.69, 9.17) is 4.74 Å². The number of likely N-dealkylation sites (N-methyl/N-ethyl adjacent to an activating group) is 1. The summed E-state index contributed by atoms with van der Waals surface area (Å²) in [6.45, 7) is 4.70. The van der Waals surface area contributed by atoms with Crippen molar-refractivity contribution in [2.24, 2.45) is 5.92 Å². The van der Waals surface area contributed by atoms with Gasteiger partial charge in [0.05, 0.1) is 19.6 Å². The van der Waals surface area contributed by atoms with Gasteiger partial charge in [0.1, 0.15) is 5.75 Å². The number of nitrogens with zero attached hydrogens (tertiary/aromatic N) is 2. The van der Waals surface area contributed by atoms with E-state index < -0.39 is 0 Å². The van der Waals surface area contributed by atoms with E-state index in [0.717, 1.165) is 35.4 Å². The molecule has 1 heterocycles. The first-order chi connectivity index (χ1) is 15.1. The maximum Gasteiger partial charge on any atom is 0.236 e. The van der Waals surface area contributed by atoms with E-state index >= 15 is 0 Å². The third-order valence-corrected chi connectivity index (χ3v) is 5.80. The summed E-state index contributed by atoms with van der Waals surface area (Å²) in [6, 6.07) is 16.1. The molecule has 0 aliphatic carbocycles. The lowest BCUT2D eigenvalue weighted by atomic mass is 9.91. The zero-order chi connectivity index (χ0) is 22.2. The van der Waals surface area contributed by atoms with Gasteiger partial charge >= 0.3 is 0 Å². The number of amides is 2.